The number of carbonyl (C=O) groups is 2. The van der Waals surface area contributed by atoms with Crippen molar-refractivity contribution in [3.8, 4) is 17.2 Å². The summed E-state index contributed by atoms with van der Waals surface area (Å²) in [5.74, 6) is 0.918. The van der Waals surface area contributed by atoms with Gasteiger partial charge in [-0.25, -0.2) is 8.42 Å². The Kier molecular flexibility index (Phi) is 5.61. The van der Waals surface area contributed by atoms with Crippen LogP contribution in [0.1, 0.15) is 30.9 Å². The fourth-order valence-electron chi connectivity index (χ4n) is 4.39. The molecule has 34 heavy (non-hydrogen) atoms. The highest BCUT2D eigenvalue weighted by Crippen LogP contribution is 2.37. The normalized spacial score (nSPS) is 21.5. The number of nitrogens with zero attached hydrogens (tertiary/aromatic N) is 1. The molecule has 0 bridgehead atoms. The van der Waals surface area contributed by atoms with Crippen LogP contribution in [0.3, 0.4) is 0 Å². The lowest BCUT2D eigenvalue weighted by molar-refractivity contribution is -0.124. The third-order valence-electron chi connectivity index (χ3n) is 6.20. The van der Waals surface area contributed by atoms with Gasteiger partial charge < -0.3 is 24.8 Å². The summed E-state index contributed by atoms with van der Waals surface area (Å²) in [6, 6.07) is 7.59. The van der Waals surface area contributed by atoms with E-state index in [1.54, 1.807) is 32.0 Å². The number of nitrogens with one attached hydrogen (secondary N) is 2. The molecule has 0 saturated carbocycles. The number of benzene rings is 2. The van der Waals surface area contributed by atoms with Gasteiger partial charge in [0.15, 0.2) is 17.6 Å². The molecule has 2 aromatic rings. The fourth-order valence-corrected chi connectivity index (χ4v) is 6.27. The predicted molar refractivity (Wildman–Crippen MR) is 121 cm³/mol. The van der Waals surface area contributed by atoms with Crippen LogP contribution >= 0.6 is 0 Å². The van der Waals surface area contributed by atoms with Gasteiger partial charge in [0.25, 0.3) is 5.91 Å². The summed E-state index contributed by atoms with van der Waals surface area (Å²) in [6.07, 6.45) is 0.279. The molecule has 5 rings (SSSR count). The second-order valence-corrected chi connectivity index (χ2v) is 10.4. The van der Waals surface area contributed by atoms with Crippen LogP contribution in [0, 0.1) is 6.92 Å². The second-order valence-electron chi connectivity index (χ2n) is 8.54. The van der Waals surface area contributed by atoms with Gasteiger partial charge in [0, 0.05) is 19.2 Å². The van der Waals surface area contributed by atoms with Crippen LogP contribution in [0.4, 0.5) is 5.69 Å². The van der Waals surface area contributed by atoms with E-state index in [9.17, 15) is 18.0 Å². The SMILES string of the molecule is Cc1cc2c(cc1S(=O)(=O)N1CCC[C@@H]1C(=O)NCc1ccc3c(c1)OCO3)O[C@H](C)C(=O)N2. The minimum absolute atomic E-state index is 0.0602. The summed E-state index contributed by atoms with van der Waals surface area (Å²) in [4.78, 5) is 24.9. The van der Waals surface area contributed by atoms with Crippen LogP contribution in [-0.4, -0.2) is 50.0 Å². The number of rotatable bonds is 5. The zero-order valence-electron chi connectivity index (χ0n) is 18.8. The molecule has 1 saturated heterocycles. The van der Waals surface area contributed by atoms with Crippen LogP contribution < -0.4 is 24.8 Å². The maximum Gasteiger partial charge on any atom is 0.265 e. The number of sulfonamides is 1. The van der Waals surface area contributed by atoms with Gasteiger partial charge >= 0.3 is 0 Å². The van der Waals surface area contributed by atoms with Crippen LogP contribution in [-0.2, 0) is 26.2 Å². The molecule has 0 aliphatic carbocycles. The Morgan fingerprint density at radius 1 is 1.18 bits per heavy atom. The molecule has 3 aliphatic rings. The van der Waals surface area contributed by atoms with Gasteiger partial charge in [-0.3, -0.25) is 9.59 Å². The van der Waals surface area contributed by atoms with Crippen molar-refractivity contribution < 1.29 is 32.2 Å². The summed E-state index contributed by atoms with van der Waals surface area (Å²) < 4.78 is 44.7. The molecule has 3 aliphatic heterocycles. The fraction of sp³-hybridized carbons (Fsp3) is 0.391. The first-order valence-electron chi connectivity index (χ1n) is 11.0. The Morgan fingerprint density at radius 3 is 2.79 bits per heavy atom. The summed E-state index contributed by atoms with van der Waals surface area (Å²) in [6.45, 7) is 3.89. The van der Waals surface area contributed by atoms with E-state index in [1.807, 2.05) is 6.07 Å². The van der Waals surface area contributed by atoms with E-state index in [1.165, 1.54) is 10.4 Å². The lowest BCUT2D eigenvalue weighted by Gasteiger charge is -2.27. The van der Waals surface area contributed by atoms with Crippen molar-refractivity contribution in [2.75, 3.05) is 18.7 Å². The van der Waals surface area contributed by atoms with Crippen molar-refractivity contribution in [2.45, 2.75) is 50.3 Å². The molecule has 1 fully saturated rings. The second kappa shape index (κ2) is 8.48. The first-order valence-corrected chi connectivity index (χ1v) is 12.5. The van der Waals surface area contributed by atoms with E-state index >= 15 is 0 Å². The molecule has 11 heteroatoms. The minimum Gasteiger partial charge on any atom is -0.479 e. The van der Waals surface area contributed by atoms with Gasteiger partial charge in [-0.05, 0) is 56.0 Å². The van der Waals surface area contributed by atoms with Gasteiger partial charge in [0.05, 0.1) is 10.6 Å². The Morgan fingerprint density at radius 2 is 1.97 bits per heavy atom. The maximum absolute atomic E-state index is 13.6. The number of amides is 2. The molecule has 2 aromatic carbocycles. The number of hydrogen-bond donors (Lipinski definition) is 2. The Balaban J connectivity index is 1.34. The largest absolute Gasteiger partial charge is 0.479 e. The standard InChI is InChI=1S/C23H25N3O7S/c1-13-8-16-19(33-14(2)22(27)25-16)10-21(13)34(29,30)26-7-3-4-17(26)23(28)24-11-15-5-6-18-20(9-15)32-12-31-18/h5-6,8-10,14,17H,3-4,7,11-12H2,1-2H3,(H,24,28)(H,25,27)/t14-,17-/m1/s1. The maximum atomic E-state index is 13.6. The zero-order valence-corrected chi connectivity index (χ0v) is 19.6. The molecule has 2 amide bonds. The van der Waals surface area contributed by atoms with Crippen molar-refractivity contribution in [1.82, 2.24) is 9.62 Å². The number of fused-ring (bicyclic) bond motifs is 2. The van der Waals surface area contributed by atoms with E-state index in [4.69, 9.17) is 14.2 Å². The minimum atomic E-state index is -3.98. The third kappa shape index (κ3) is 3.94. The Bertz CT molecular complexity index is 1280. The third-order valence-corrected chi connectivity index (χ3v) is 8.25. The molecule has 0 spiro atoms. The summed E-state index contributed by atoms with van der Waals surface area (Å²) in [7, 11) is -3.98. The molecule has 0 radical (unpaired) electrons. The van der Waals surface area contributed by atoms with Crippen LogP contribution in [0.15, 0.2) is 35.2 Å². The van der Waals surface area contributed by atoms with E-state index in [2.05, 4.69) is 10.6 Å². The summed E-state index contributed by atoms with van der Waals surface area (Å²) in [5, 5.41) is 5.57. The molecule has 180 valence electrons. The highest BCUT2D eigenvalue weighted by atomic mass is 32.2. The Labute approximate surface area is 197 Å². The molecule has 0 unspecified atom stereocenters. The van der Waals surface area contributed by atoms with Gasteiger partial charge in [-0.2, -0.15) is 4.31 Å². The first kappa shape index (κ1) is 22.5. The zero-order chi connectivity index (χ0) is 24.0. The first-order chi connectivity index (χ1) is 16.2. The summed E-state index contributed by atoms with van der Waals surface area (Å²) in [5.41, 5.74) is 1.71. The smallest absolute Gasteiger partial charge is 0.265 e. The highest BCUT2D eigenvalue weighted by molar-refractivity contribution is 7.89. The molecule has 10 nitrogen and oxygen atoms in total. The van der Waals surface area contributed by atoms with Crippen LogP contribution in [0.5, 0.6) is 17.2 Å². The monoisotopic (exact) mass is 487 g/mol. The van der Waals surface area contributed by atoms with Crippen molar-refractivity contribution in [3.63, 3.8) is 0 Å². The van der Waals surface area contributed by atoms with Gasteiger partial charge in [-0.1, -0.05) is 6.07 Å². The average molecular weight is 488 g/mol. The summed E-state index contributed by atoms with van der Waals surface area (Å²) >= 11 is 0. The molecule has 2 atom stereocenters. The number of aryl methyl sites for hydroxylation is 1. The number of carbonyl (C=O) groups excluding carboxylic acids is 2. The van der Waals surface area contributed by atoms with Gasteiger partial charge in [0.2, 0.25) is 22.7 Å². The van der Waals surface area contributed by atoms with Gasteiger partial charge in [0.1, 0.15) is 11.8 Å². The topological polar surface area (TPSA) is 123 Å². The Hall–Kier alpha value is -3.31. The van der Waals surface area contributed by atoms with Crippen molar-refractivity contribution in [3.05, 3.63) is 41.5 Å². The molecule has 0 aromatic heterocycles. The van der Waals surface area contributed by atoms with Gasteiger partial charge in [-0.15, -0.1) is 0 Å². The van der Waals surface area contributed by atoms with Crippen molar-refractivity contribution in [1.29, 1.82) is 0 Å². The average Bonchev–Trinajstić information content (AvgIpc) is 3.48. The lowest BCUT2D eigenvalue weighted by atomic mass is 10.1. The molecule has 3 heterocycles. The number of ether oxygens (including phenoxy) is 3. The van der Waals surface area contributed by atoms with Crippen molar-refractivity contribution >= 4 is 27.5 Å². The van der Waals surface area contributed by atoms with E-state index < -0.39 is 22.2 Å². The molecular weight excluding hydrogens is 462 g/mol. The number of anilines is 1. The van der Waals surface area contributed by atoms with Crippen molar-refractivity contribution in [2.24, 2.45) is 0 Å². The van der Waals surface area contributed by atoms with Crippen LogP contribution in [0.25, 0.3) is 0 Å². The number of hydrogen-bond acceptors (Lipinski definition) is 7. The van der Waals surface area contributed by atoms with Crippen LogP contribution in [0.2, 0.25) is 0 Å². The van der Waals surface area contributed by atoms with E-state index in [0.717, 1.165) is 5.56 Å². The predicted octanol–water partition coefficient (Wildman–Crippen LogP) is 1.91. The van der Waals surface area contributed by atoms with E-state index in [0.29, 0.717) is 41.3 Å². The molecular formula is C23H25N3O7S. The molecule has 2 N–H and O–H groups in total. The quantitative estimate of drug-likeness (QED) is 0.660. The lowest BCUT2D eigenvalue weighted by Crippen LogP contribution is -2.45. The van der Waals surface area contributed by atoms with E-state index in [-0.39, 0.29) is 36.6 Å². The highest BCUT2D eigenvalue weighted by Gasteiger charge is 2.40.